The van der Waals surface area contributed by atoms with Crippen LogP contribution in [-0.2, 0) is 10.0 Å². The van der Waals surface area contributed by atoms with Crippen LogP contribution in [0, 0.1) is 10.1 Å². The molecule has 24 heavy (non-hydrogen) atoms. The van der Waals surface area contributed by atoms with Gasteiger partial charge in [-0.15, -0.1) is 0 Å². The minimum atomic E-state index is -3.87. The lowest BCUT2D eigenvalue weighted by Gasteiger charge is -2.05. The third-order valence-corrected chi connectivity index (χ3v) is 4.19. The molecule has 0 aliphatic heterocycles. The number of sulfonamides is 1. The first-order valence-corrected chi connectivity index (χ1v) is 8.43. The standard InChI is InChI=1S/C15H15N3O5S/c1-2-23-13-7-9-14(10-8-13)24(21,22)17-16-11-12-5-3-4-6-15(12)18(19)20/h3-11,17H,2H2,1H3/b16-11-. The van der Waals surface area contributed by atoms with Gasteiger partial charge in [-0.1, -0.05) is 12.1 Å². The van der Waals surface area contributed by atoms with Gasteiger partial charge in [-0.05, 0) is 37.3 Å². The molecule has 0 bridgehead atoms. The summed E-state index contributed by atoms with van der Waals surface area (Å²) in [5.41, 5.74) is 0.0263. The van der Waals surface area contributed by atoms with Crippen LogP contribution < -0.4 is 9.57 Å². The number of para-hydroxylation sites is 1. The number of benzene rings is 2. The number of ether oxygens (including phenoxy) is 1. The second kappa shape index (κ2) is 7.55. The van der Waals surface area contributed by atoms with Gasteiger partial charge in [-0.25, -0.2) is 4.83 Å². The van der Waals surface area contributed by atoms with Gasteiger partial charge in [0, 0.05) is 6.07 Å². The van der Waals surface area contributed by atoms with Gasteiger partial charge < -0.3 is 4.74 Å². The normalized spacial score (nSPS) is 11.4. The van der Waals surface area contributed by atoms with E-state index in [0.717, 1.165) is 6.21 Å². The number of nitrogens with one attached hydrogen (secondary N) is 1. The summed E-state index contributed by atoms with van der Waals surface area (Å²) in [6.45, 7) is 2.30. The van der Waals surface area contributed by atoms with E-state index in [0.29, 0.717) is 12.4 Å². The van der Waals surface area contributed by atoms with Crippen molar-refractivity contribution in [3.05, 3.63) is 64.2 Å². The third-order valence-electron chi connectivity index (χ3n) is 2.96. The Morgan fingerprint density at radius 2 is 1.88 bits per heavy atom. The van der Waals surface area contributed by atoms with Crippen molar-refractivity contribution in [3.8, 4) is 5.75 Å². The van der Waals surface area contributed by atoms with Gasteiger partial charge in [0.1, 0.15) is 5.75 Å². The van der Waals surface area contributed by atoms with Crippen molar-refractivity contribution in [1.82, 2.24) is 4.83 Å². The smallest absolute Gasteiger partial charge is 0.278 e. The van der Waals surface area contributed by atoms with E-state index in [1.54, 1.807) is 6.07 Å². The first-order chi connectivity index (χ1) is 11.4. The van der Waals surface area contributed by atoms with Gasteiger partial charge in [-0.2, -0.15) is 13.5 Å². The summed E-state index contributed by atoms with van der Waals surface area (Å²) < 4.78 is 29.5. The minimum absolute atomic E-state index is 0.00524. The third kappa shape index (κ3) is 4.29. The van der Waals surface area contributed by atoms with Gasteiger partial charge in [0.15, 0.2) is 0 Å². The molecule has 126 valence electrons. The average molecular weight is 349 g/mol. The predicted molar refractivity (Wildman–Crippen MR) is 88.6 cm³/mol. The fourth-order valence-electron chi connectivity index (χ4n) is 1.86. The van der Waals surface area contributed by atoms with Crippen molar-refractivity contribution in [3.63, 3.8) is 0 Å². The van der Waals surface area contributed by atoms with Crippen LogP contribution in [0.1, 0.15) is 12.5 Å². The molecule has 0 radical (unpaired) electrons. The maximum absolute atomic E-state index is 12.1. The van der Waals surface area contributed by atoms with Gasteiger partial charge >= 0.3 is 0 Å². The van der Waals surface area contributed by atoms with Crippen LogP contribution in [-0.4, -0.2) is 26.2 Å². The molecule has 0 unspecified atom stereocenters. The number of hydrazone groups is 1. The fourth-order valence-corrected chi connectivity index (χ4v) is 2.65. The van der Waals surface area contributed by atoms with Crippen LogP contribution >= 0.6 is 0 Å². The highest BCUT2D eigenvalue weighted by Gasteiger charge is 2.14. The monoisotopic (exact) mass is 349 g/mol. The molecule has 0 saturated heterocycles. The zero-order valence-electron chi connectivity index (χ0n) is 12.7. The first-order valence-electron chi connectivity index (χ1n) is 6.95. The molecule has 2 rings (SSSR count). The summed E-state index contributed by atoms with van der Waals surface area (Å²) in [5, 5.41) is 14.5. The van der Waals surface area contributed by atoms with Gasteiger partial charge in [-0.3, -0.25) is 10.1 Å². The van der Waals surface area contributed by atoms with E-state index < -0.39 is 14.9 Å². The molecule has 2 aromatic rings. The fraction of sp³-hybridized carbons (Fsp3) is 0.133. The Bertz CT molecular complexity index is 848. The summed E-state index contributed by atoms with van der Waals surface area (Å²) in [7, 11) is -3.87. The Balaban J connectivity index is 2.14. The van der Waals surface area contributed by atoms with Crippen LogP contribution in [0.5, 0.6) is 5.75 Å². The molecule has 0 spiro atoms. The molecule has 8 nitrogen and oxygen atoms in total. The van der Waals surface area contributed by atoms with E-state index in [1.807, 2.05) is 11.8 Å². The first kappa shape index (κ1) is 17.4. The predicted octanol–water partition coefficient (Wildman–Crippen LogP) is 2.31. The lowest BCUT2D eigenvalue weighted by atomic mass is 10.2. The molecule has 0 atom stereocenters. The molecule has 0 fully saturated rings. The van der Waals surface area contributed by atoms with Crippen LogP contribution in [0.4, 0.5) is 5.69 Å². The van der Waals surface area contributed by atoms with E-state index in [2.05, 4.69) is 5.10 Å². The second-order valence-electron chi connectivity index (χ2n) is 4.57. The van der Waals surface area contributed by atoms with E-state index in [-0.39, 0.29) is 16.1 Å². The highest BCUT2D eigenvalue weighted by atomic mass is 32.2. The van der Waals surface area contributed by atoms with Crippen LogP contribution in [0.15, 0.2) is 58.5 Å². The van der Waals surface area contributed by atoms with E-state index in [4.69, 9.17) is 4.74 Å². The number of nitrogens with zero attached hydrogens (tertiary/aromatic N) is 2. The van der Waals surface area contributed by atoms with Gasteiger partial charge in [0.05, 0.1) is 28.2 Å². The lowest BCUT2D eigenvalue weighted by molar-refractivity contribution is -0.385. The van der Waals surface area contributed by atoms with Crippen molar-refractivity contribution in [1.29, 1.82) is 0 Å². The molecule has 0 aliphatic rings. The summed E-state index contributed by atoms with van der Waals surface area (Å²) >= 11 is 0. The Morgan fingerprint density at radius 3 is 2.50 bits per heavy atom. The molecule has 9 heteroatoms. The summed E-state index contributed by atoms with van der Waals surface area (Å²) in [6.07, 6.45) is 1.09. The number of nitro groups is 1. The average Bonchev–Trinajstić information content (AvgIpc) is 2.56. The zero-order valence-corrected chi connectivity index (χ0v) is 13.6. The quantitative estimate of drug-likeness (QED) is 0.468. The maximum Gasteiger partial charge on any atom is 0.278 e. The molecule has 2 aromatic carbocycles. The Kier molecular flexibility index (Phi) is 5.48. The highest BCUT2D eigenvalue weighted by molar-refractivity contribution is 7.89. The Labute approximate surface area is 139 Å². The molecule has 0 aliphatic carbocycles. The number of rotatable bonds is 7. The molecule has 0 aromatic heterocycles. The molecule has 0 heterocycles. The highest BCUT2D eigenvalue weighted by Crippen LogP contribution is 2.17. The minimum Gasteiger partial charge on any atom is -0.494 e. The van der Waals surface area contributed by atoms with E-state index in [9.17, 15) is 18.5 Å². The topological polar surface area (TPSA) is 111 Å². The van der Waals surface area contributed by atoms with E-state index >= 15 is 0 Å². The number of hydrogen-bond acceptors (Lipinski definition) is 6. The van der Waals surface area contributed by atoms with Crippen molar-refractivity contribution in [2.45, 2.75) is 11.8 Å². The number of hydrogen-bond donors (Lipinski definition) is 1. The molecular weight excluding hydrogens is 334 g/mol. The van der Waals surface area contributed by atoms with Crippen molar-refractivity contribution in [2.24, 2.45) is 5.10 Å². The van der Waals surface area contributed by atoms with Crippen LogP contribution in [0.2, 0.25) is 0 Å². The van der Waals surface area contributed by atoms with Crippen LogP contribution in [0.25, 0.3) is 0 Å². The van der Waals surface area contributed by atoms with Crippen molar-refractivity contribution in [2.75, 3.05) is 6.61 Å². The Morgan fingerprint density at radius 1 is 1.21 bits per heavy atom. The molecule has 0 saturated carbocycles. The SMILES string of the molecule is CCOc1ccc(S(=O)(=O)N/N=C\c2ccccc2[N+](=O)[O-])cc1. The summed E-state index contributed by atoms with van der Waals surface area (Å²) in [6, 6.07) is 11.7. The molecule has 1 N–H and O–H groups in total. The molecular formula is C15H15N3O5S. The van der Waals surface area contributed by atoms with Gasteiger partial charge in [0.25, 0.3) is 15.7 Å². The zero-order chi connectivity index (χ0) is 17.6. The van der Waals surface area contributed by atoms with Crippen LogP contribution in [0.3, 0.4) is 0 Å². The molecule has 0 amide bonds. The van der Waals surface area contributed by atoms with Crippen molar-refractivity contribution >= 4 is 21.9 Å². The second-order valence-corrected chi connectivity index (χ2v) is 6.23. The largest absolute Gasteiger partial charge is 0.494 e. The lowest BCUT2D eigenvalue weighted by Crippen LogP contribution is -2.18. The van der Waals surface area contributed by atoms with Crippen molar-refractivity contribution < 1.29 is 18.1 Å². The summed E-state index contributed by atoms with van der Waals surface area (Å²) in [5.74, 6) is 0.555. The maximum atomic E-state index is 12.1. The number of nitro benzene ring substituents is 1. The summed E-state index contributed by atoms with van der Waals surface area (Å²) in [4.78, 5) is 12.3. The van der Waals surface area contributed by atoms with E-state index in [1.165, 1.54) is 42.5 Å². The van der Waals surface area contributed by atoms with Gasteiger partial charge in [0.2, 0.25) is 0 Å². The Hall–Kier alpha value is -2.94.